The van der Waals surface area contributed by atoms with Gasteiger partial charge in [-0.3, -0.25) is 4.79 Å². The summed E-state index contributed by atoms with van der Waals surface area (Å²) in [5, 5.41) is 3.30. The molecule has 0 bridgehead atoms. The van der Waals surface area contributed by atoms with Crippen molar-refractivity contribution in [3.63, 3.8) is 0 Å². The maximum Gasteiger partial charge on any atom is 0.246 e. The second kappa shape index (κ2) is 8.79. The van der Waals surface area contributed by atoms with E-state index in [0.29, 0.717) is 35.9 Å². The molecular formula is C21H18F2N6O2. The second-order valence-electron chi connectivity index (χ2n) is 6.82. The molecule has 4 rings (SSSR count). The smallest absolute Gasteiger partial charge is 0.246 e. The number of rotatable bonds is 5. The van der Waals surface area contributed by atoms with Crippen molar-refractivity contribution >= 4 is 22.9 Å². The Morgan fingerprint density at radius 1 is 1.35 bits per heavy atom. The van der Waals surface area contributed by atoms with Gasteiger partial charge in [-0.1, -0.05) is 12.5 Å². The Hall–Kier alpha value is -4.00. The standard InChI is InChI=1S/C21H18F2N6O2/c1-2-18(30)29-6-5-15(11-29)26-20-19-21(25-12-24-20)28-17(27-19)4-3-7-31-16-9-13(22)8-14(23)10-16/h2,8-10,12,15H,1,5-7,11H2,(H2,24,25,26,27,28). The summed E-state index contributed by atoms with van der Waals surface area (Å²) in [5.41, 5.74) is 1.03. The van der Waals surface area contributed by atoms with Gasteiger partial charge in [-0.05, 0) is 18.4 Å². The number of amides is 1. The fourth-order valence-corrected chi connectivity index (χ4v) is 3.24. The normalized spacial score (nSPS) is 15.4. The molecule has 1 aliphatic heterocycles. The fourth-order valence-electron chi connectivity index (χ4n) is 3.24. The molecule has 1 saturated heterocycles. The van der Waals surface area contributed by atoms with Crippen molar-refractivity contribution in [3.05, 3.63) is 54.6 Å². The summed E-state index contributed by atoms with van der Waals surface area (Å²) in [5.74, 6) is 4.92. The summed E-state index contributed by atoms with van der Waals surface area (Å²) >= 11 is 0. The number of likely N-dealkylation sites (tertiary alicyclic amines) is 1. The van der Waals surface area contributed by atoms with Crippen molar-refractivity contribution in [2.75, 3.05) is 25.0 Å². The minimum Gasteiger partial charge on any atom is -0.481 e. The predicted molar refractivity (Wildman–Crippen MR) is 109 cm³/mol. The molecule has 0 spiro atoms. The molecule has 1 fully saturated rings. The summed E-state index contributed by atoms with van der Waals surface area (Å²) in [6, 6.07) is 2.95. The Kier molecular flexibility index (Phi) is 5.75. The molecule has 3 heterocycles. The number of carbonyl (C=O) groups excluding carboxylic acids is 1. The lowest BCUT2D eigenvalue weighted by molar-refractivity contribution is -0.125. The largest absolute Gasteiger partial charge is 0.481 e. The van der Waals surface area contributed by atoms with Gasteiger partial charge >= 0.3 is 0 Å². The molecule has 1 amide bonds. The molecule has 1 aromatic carbocycles. The number of hydrogen-bond donors (Lipinski definition) is 2. The third-order valence-electron chi connectivity index (χ3n) is 4.65. The van der Waals surface area contributed by atoms with E-state index in [9.17, 15) is 13.6 Å². The number of H-pyrrole nitrogens is 1. The summed E-state index contributed by atoms with van der Waals surface area (Å²) in [6.45, 7) is 4.62. The van der Waals surface area contributed by atoms with Crippen molar-refractivity contribution in [2.45, 2.75) is 12.5 Å². The molecule has 0 radical (unpaired) electrons. The van der Waals surface area contributed by atoms with Crippen LogP contribution in [-0.2, 0) is 4.79 Å². The topological polar surface area (TPSA) is 96.0 Å². The maximum atomic E-state index is 13.2. The fraction of sp³-hybridized carbons (Fsp3) is 0.238. The van der Waals surface area contributed by atoms with Crippen LogP contribution in [-0.4, -0.2) is 56.5 Å². The lowest BCUT2D eigenvalue weighted by Crippen LogP contribution is -2.30. The lowest BCUT2D eigenvalue weighted by Gasteiger charge is -2.15. The Morgan fingerprint density at radius 3 is 2.94 bits per heavy atom. The van der Waals surface area contributed by atoms with Crippen LogP contribution in [0.2, 0.25) is 0 Å². The molecule has 2 aromatic heterocycles. The highest BCUT2D eigenvalue weighted by Gasteiger charge is 2.25. The first-order valence-electron chi connectivity index (χ1n) is 9.48. The Bertz CT molecular complexity index is 1180. The van der Waals surface area contributed by atoms with Gasteiger partial charge in [0.15, 0.2) is 22.8 Å². The van der Waals surface area contributed by atoms with Crippen molar-refractivity contribution in [3.8, 4) is 17.6 Å². The van der Waals surface area contributed by atoms with Crippen LogP contribution in [0.1, 0.15) is 12.2 Å². The van der Waals surface area contributed by atoms with E-state index in [1.807, 2.05) is 0 Å². The number of halogens is 2. The van der Waals surface area contributed by atoms with Crippen LogP contribution in [0.3, 0.4) is 0 Å². The molecule has 158 valence electrons. The molecule has 2 N–H and O–H groups in total. The summed E-state index contributed by atoms with van der Waals surface area (Å²) in [4.78, 5) is 29.3. The van der Waals surface area contributed by atoms with Gasteiger partial charge in [-0.15, -0.1) is 0 Å². The van der Waals surface area contributed by atoms with E-state index in [0.717, 1.165) is 24.6 Å². The van der Waals surface area contributed by atoms with Crippen molar-refractivity contribution < 1.29 is 18.3 Å². The zero-order chi connectivity index (χ0) is 21.8. The lowest BCUT2D eigenvalue weighted by atomic mass is 10.2. The van der Waals surface area contributed by atoms with E-state index in [-0.39, 0.29) is 24.3 Å². The number of carbonyl (C=O) groups is 1. The van der Waals surface area contributed by atoms with E-state index in [1.165, 1.54) is 12.4 Å². The molecule has 31 heavy (non-hydrogen) atoms. The Balaban J connectivity index is 1.43. The zero-order valence-corrected chi connectivity index (χ0v) is 16.4. The maximum absolute atomic E-state index is 13.2. The number of anilines is 1. The average molecular weight is 424 g/mol. The number of nitrogens with one attached hydrogen (secondary N) is 2. The van der Waals surface area contributed by atoms with Crippen LogP contribution in [0.25, 0.3) is 11.2 Å². The number of ether oxygens (including phenoxy) is 1. The van der Waals surface area contributed by atoms with Crippen molar-refractivity contribution in [1.82, 2.24) is 24.8 Å². The van der Waals surface area contributed by atoms with Crippen LogP contribution < -0.4 is 10.1 Å². The van der Waals surface area contributed by atoms with E-state index >= 15 is 0 Å². The number of aromatic nitrogens is 4. The quantitative estimate of drug-likeness (QED) is 0.482. The molecule has 0 aliphatic carbocycles. The summed E-state index contributed by atoms with van der Waals surface area (Å²) in [7, 11) is 0. The van der Waals surface area contributed by atoms with E-state index in [1.54, 1.807) is 4.90 Å². The van der Waals surface area contributed by atoms with Gasteiger partial charge in [0.1, 0.15) is 30.3 Å². The highest BCUT2D eigenvalue weighted by atomic mass is 19.1. The van der Waals surface area contributed by atoms with Crippen molar-refractivity contribution in [2.24, 2.45) is 0 Å². The van der Waals surface area contributed by atoms with Gasteiger partial charge in [0, 0.05) is 37.3 Å². The number of aromatic amines is 1. The van der Waals surface area contributed by atoms with Gasteiger partial charge in [-0.2, -0.15) is 0 Å². The van der Waals surface area contributed by atoms with Gasteiger partial charge in [0.05, 0.1) is 0 Å². The van der Waals surface area contributed by atoms with Gasteiger partial charge in [0.25, 0.3) is 0 Å². The first-order valence-corrected chi connectivity index (χ1v) is 9.48. The first-order chi connectivity index (χ1) is 15.0. The van der Waals surface area contributed by atoms with Gasteiger partial charge in [0.2, 0.25) is 5.91 Å². The predicted octanol–water partition coefficient (Wildman–Crippen LogP) is 2.26. The van der Waals surface area contributed by atoms with Crippen LogP contribution in [0, 0.1) is 23.5 Å². The van der Waals surface area contributed by atoms with E-state index < -0.39 is 11.6 Å². The van der Waals surface area contributed by atoms with Crippen molar-refractivity contribution in [1.29, 1.82) is 0 Å². The molecule has 8 nitrogen and oxygen atoms in total. The second-order valence-corrected chi connectivity index (χ2v) is 6.82. The highest BCUT2D eigenvalue weighted by molar-refractivity contribution is 5.87. The van der Waals surface area contributed by atoms with Crippen LogP contribution in [0.5, 0.6) is 5.75 Å². The molecule has 1 atom stereocenters. The highest BCUT2D eigenvalue weighted by Crippen LogP contribution is 2.20. The minimum absolute atomic E-state index is 0.0355. The van der Waals surface area contributed by atoms with E-state index in [4.69, 9.17) is 4.74 Å². The number of imidazole rings is 1. The van der Waals surface area contributed by atoms with Gasteiger partial charge < -0.3 is 19.9 Å². The van der Waals surface area contributed by atoms with Gasteiger partial charge in [-0.25, -0.2) is 23.7 Å². The molecular weight excluding hydrogens is 406 g/mol. The molecule has 10 heteroatoms. The number of fused-ring (bicyclic) bond motifs is 1. The minimum atomic E-state index is -0.724. The Morgan fingerprint density at radius 2 is 2.16 bits per heavy atom. The van der Waals surface area contributed by atoms with Crippen LogP contribution >= 0.6 is 0 Å². The SMILES string of the molecule is C=CC(=O)N1CCC(Nc2ncnc3[nH]c(C#CCOc4cc(F)cc(F)c4)nc23)C1. The van der Waals surface area contributed by atoms with Crippen LogP contribution in [0.15, 0.2) is 37.2 Å². The summed E-state index contributed by atoms with van der Waals surface area (Å²) < 4.78 is 31.6. The molecule has 3 aromatic rings. The number of benzene rings is 1. The number of nitrogens with zero attached hydrogens (tertiary/aromatic N) is 4. The third kappa shape index (κ3) is 4.78. The molecule has 0 saturated carbocycles. The molecule has 1 unspecified atom stereocenters. The van der Waals surface area contributed by atoms with E-state index in [2.05, 4.69) is 43.7 Å². The first kappa shape index (κ1) is 20.3. The molecule has 1 aliphatic rings. The van der Waals surface area contributed by atoms with Crippen LogP contribution in [0.4, 0.5) is 14.6 Å². The monoisotopic (exact) mass is 424 g/mol. The average Bonchev–Trinajstić information content (AvgIpc) is 3.37. The zero-order valence-electron chi connectivity index (χ0n) is 16.4. The third-order valence-corrected chi connectivity index (χ3v) is 4.65. The Labute approximate surface area is 176 Å². The summed E-state index contributed by atoms with van der Waals surface area (Å²) in [6.07, 6.45) is 3.49. The number of hydrogen-bond acceptors (Lipinski definition) is 6.